The van der Waals surface area contributed by atoms with E-state index in [0.717, 1.165) is 38.8 Å². The number of nitrogens with zero attached hydrogens (tertiary/aromatic N) is 2. The fourth-order valence-corrected chi connectivity index (χ4v) is 4.87. The number of benzene rings is 1. The highest BCUT2D eigenvalue weighted by atomic mass is 35.5. The third-order valence-corrected chi connectivity index (χ3v) is 7.76. The Balaban J connectivity index is 1.97. The zero-order chi connectivity index (χ0) is 29.3. The molecule has 0 saturated heterocycles. The van der Waals surface area contributed by atoms with Crippen molar-refractivity contribution in [2.45, 2.75) is 84.4 Å². The number of rotatable bonds is 9. The van der Waals surface area contributed by atoms with Crippen LogP contribution in [0.3, 0.4) is 0 Å². The minimum Gasteiger partial charge on any atom is -0.434 e. The number of aliphatic hydroxyl groups is 2. The molecule has 7 nitrogen and oxygen atoms in total. The van der Waals surface area contributed by atoms with Crippen molar-refractivity contribution in [3.63, 3.8) is 0 Å². The molecule has 218 valence electrons. The molecule has 1 saturated carbocycles. The van der Waals surface area contributed by atoms with Crippen LogP contribution in [0.4, 0.5) is 22.0 Å². The summed E-state index contributed by atoms with van der Waals surface area (Å²) in [6, 6.07) is 3.22. The van der Waals surface area contributed by atoms with Gasteiger partial charge in [0.15, 0.2) is 5.69 Å². The lowest BCUT2D eigenvalue weighted by molar-refractivity contribution is -0.243. The van der Waals surface area contributed by atoms with Crippen LogP contribution in [-0.4, -0.2) is 50.8 Å². The van der Waals surface area contributed by atoms with Gasteiger partial charge in [-0.3, -0.25) is 9.48 Å². The summed E-state index contributed by atoms with van der Waals surface area (Å²) in [5, 5.41) is 27.9. The van der Waals surface area contributed by atoms with Gasteiger partial charge >= 0.3 is 12.8 Å². The lowest BCUT2D eigenvalue weighted by Gasteiger charge is -2.34. The van der Waals surface area contributed by atoms with E-state index < -0.39 is 41.6 Å². The number of aromatic nitrogens is 2. The average Bonchev–Trinajstić information content (AvgIpc) is 3.19. The normalized spacial score (nSPS) is 21.2. The molecule has 1 unspecified atom stereocenters. The number of hydrogen-bond donors (Lipinski definition) is 3. The van der Waals surface area contributed by atoms with Gasteiger partial charge in [-0.1, -0.05) is 24.6 Å². The first-order valence-corrected chi connectivity index (χ1v) is 13.0. The van der Waals surface area contributed by atoms with E-state index in [1.165, 1.54) is 10.7 Å². The smallest absolute Gasteiger partial charge is 0.396 e. The van der Waals surface area contributed by atoms with Gasteiger partial charge in [0.1, 0.15) is 5.75 Å². The van der Waals surface area contributed by atoms with Crippen molar-refractivity contribution in [3.8, 4) is 17.0 Å². The van der Waals surface area contributed by atoms with Crippen LogP contribution in [0.25, 0.3) is 11.3 Å². The first-order valence-electron chi connectivity index (χ1n) is 12.6. The van der Waals surface area contributed by atoms with Gasteiger partial charge in [0, 0.05) is 18.7 Å². The number of carbonyl (C=O) groups is 1. The maximum absolute atomic E-state index is 13.5. The number of halogens is 6. The van der Waals surface area contributed by atoms with Crippen molar-refractivity contribution in [2.24, 2.45) is 11.3 Å². The molecule has 39 heavy (non-hydrogen) atoms. The molecule has 1 amide bonds. The third kappa shape index (κ3) is 6.66. The Morgan fingerprint density at radius 3 is 2.44 bits per heavy atom. The lowest BCUT2D eigenvalue weighted by atomic mass is 9.79. The highest BCUT2D eigenvalue weighted by molar-refractivity contribution is 6.36. The molecule has 2 aromatic rings. The Labute approximate surface area is 228 Å². The van der Waals surface area contributed by atoms with Gasteiger partial charge in [-0.05, 0) is 70.1 Å². The molecule has 0 bridgehead atoms. The molecule has 1 atom stereocenters. The molecule has 1 aromatic carbocycles. The second kappa shape index (κ2) is 11.6. The molecular weight excluding hydrogens is 549 g/mol. The molecule has 1 fully saturated rings. The zero-order valence-corrected chi connectivity index (χ0v) is 22.8. The summed E-state index contributed by atoms with van der Waals surface area (Å²) in [6.07, 6.45) is -4.19. The van der Waals surface area contributed by atoms with E-state index in [0.29, 0.717) is 18.8 Å². The lowest BCUT2D eigenvalue weighted by Crippen LogP contribution is -2.45. The Kier molecular flexibility index (Phi) is 9.23. The Morgan fingerprint density at radius 1 is 1.28 bits per heavy atom. The zero-order valence-electron chi connectivity index (χ0n) is 22.1. The first-order chi connectivity index (χ1) is 18.0. The number of alkyl halides is 5. The molecule has 0 radical (unpaired) electrons. The Morgan fingerprint density at radius 2 is 1.90 bits per heavy atom. The van der Waals surface area contributed by atoms with E-state index >= 15 is 0 Å². The van der Waals surface area contributed by atoms with Gasteiger partial charge in [-0.2, -0.15) is 27.1 Å². The molecule has 0 aliphatic heterocycles. The molecule has 13 heteroatoms. The second-order valence-corrected chi connectivity index (χ2v) is 11.1. The maximum Gasteiger partial charge on any atom is 0.396 e. The molecule has 1 aliphatic rings. The van der Waals surface area contributed by atoms with Gasteiger partial charge in [0.2, 0.25) is 0 Å². The maximum atomic E-state index is 13.5. The minimum absolute atomic E-state index is 0.0233. The topological polar surface area (TPSA) is 96.6 Å². The molecule has 3 rings (SSSR count). The summed E-state index contributed by atoms with van der Waals surface area (Å²) < 4.78 is 73.0. The number of carbonyl (C=O) groups excluding carboxylic acids is 1. The van der Waals surface area contributed by atoms with Gasteiger partial charge < -0.3 is 20.3 Å². The molecule has 1 heterocycles. The minimum atomic E-state index is -4.79. The predicted octanol–water partition coefficient (Wildman–Crippen LogP) is 6.12. The predicted molar refractivity (Wildman–Crippen MR) is 135 cm³/mol. The molecule has 3 N–H and O–H groups in total. The fourth-order valence-electron chi connectivity index (χ4n) is 4.55. The molecule has 1 aliphatic carbocycles. The van der Waals surface area contributed by atoms with Crippen molar-refractivity contribution < 1.29 is 41.7 Å². The summed E-state index contributed by atoms with van der Waals surface area (Å²) in [5.74, 6) is -0.751. The van der Waals surface area contributed by atoms with Crippen LogP contribution < -0.4 is 10.1 Å². The summed E-state index contributed by atoms with van der Waals surface area (Å²) in [4.78, 5) is 13.0. The van der Waals surface area contributed by atoms with Gasteiger partial charge in [0.25, 0.3) is 5.91 Å². The number of amides is 1. The molecule has 0 spiro atoms. The Bertz CT molecular complexity index is 1180. The van der Waals surface area contributed by atoms with Gasteiger partial charge in [0.05, 0.1) is 27.8 Å². The number of aliphatic hydroxyl groups excluding tert-OH is 1. The van der Waals surface area contributed by atoms with Crippen LogP contribution >= 0.6 is 11.6 Å². The summed E-state index contributed by atoms with van der Waals surface area (Å²) in [6.45, 7) is 2.12. The van der Waals surface area contributed by atoms with E-state index in [-0.39, 0.29) is 40.6 Å². The largest absolute Gasteiger partial charge is 0.434 e. The average molecular weight is 582 g/mol. The number of nitrogens with one attached hydrogen (secondary N) is 1. The van der Waals surface area contributed by atoms with Crippen LogP contribution in [-0.2, 0) is 6.54 Å². The van der Waals surface area contributed by atoms with Crippen LogP contribution in [0.15, 0.2) is 18.2 Å². The second-order valence-electron chi connectivity index (χ2n) is 10.7. The third-order valence-electron chi connectivity index (χ3n) is 7.40. The van der Waals surface area contributed by atoms with Crippen molar-refractivity contribution in [2.75, 3.05) is 6.54 Å². The summed E-state index contributed by atoms with van der Waals surface area (Å²) >= 11 is 6.51. The van der Waals surface area contributed by atoms with Crippen LogP contribution in [0.5, 0.6) is 5.75 Å². The first kappa shape index (κ1) is 31.1. The summed E-state index contributed by atoms with van der Waals surface area (Å²) in [5.41, 5.74) is -4.21. The highest BCUT2D eigenvalue weighted by Crippen LogP contribution is 2.48. The number of aryl methyl sites for hydroxylation is 1. The van der Waals surface area contributed by atoms with Crippen molar-refractivity contribution in [1.29, 1.82) is 0 Å². The summed E-state index contributed by atoms with van der Waals surface area (Å²) in [7, 11) is 0. The van der Waals surface area contributed by atoms with Crippen LogP contribution in [0, 0.1) is 11.3 Å². The monoisotopic (exact) mass is 581 g/mol. The molecular formula is C26H33ClF5N3O4. The van der Waals surface area contributed by atoms with E-state index in [4.69, 9.17) is 11.6 Å². The highest BCUT2D eigenvalue weighted by Gasteiger charge is 2.52. The van der Waals surface area contributed by atoms with Gasteiger partial charge in [-0.15, -0.1) is 0 Å². The van der Waals surface area contributed by atoms with Crippen molar-refractivity contribution in [3.05, 3.63) is 34.5 Å². The van der Waals surface area contributed by atoms with E-state index in [9.17, 15) is 37.0 Å². The van der Waals surface area contributed by atoms with Crippen molar-refractivity contribution >= 4 is 17.5 Å². The van der Waals surface area contributed by atoms with Gasteiger partial charge in [-0.25, -0.2) is 0 Å². The molecule has 1 aromatic heterocycles. The Hall–Kier alpha value is -2.44. The standard InChI is InChI=1S/C26H33ClF5N3O4/c1-5-35-20(18(27)19(34-35)22(37)33-13-25(38)10-8-14(2)9-11-25)16-7-6-15(12-17(16)39-23(28)29)21(36)24(3,4)26(30,31)32/h6-7,12,14,21,23,36,38H,5,8-11,13H2,1-4H3,(H,33,37). The van der Waals surface area contributed by atoms with Crippen LogP contribution in [0.1, 0.15) is 75.5 Å². The quantitative estimate of drug-likeness (QED) is 0.310. The van der Waals surface area contributed by atoms with E-state index in [1.807, 2.05) is 0 Å². The van der Waals surface area contributed by atoms with E-state index in [2.05, 4.69) is 22.1 Å². The SMILES string of the molecule is CCn1nc(C(=O)NCC2(O)CCC(C)CC2)c(Cl)c1-c1ccc(C(O)C(C)(C)C(F)(F)F)cc1OC(F)F. The van der Waals surface area contributed by atoms with Crippen LogP contribution in [0.2, 0.25) is 5.02 Å². The van der Waals surface area contributed by atoms with E-state index in [1.54, 1.807) is 6.92 Å². The number of ether oxygens (including phenoxy) is 1. The number of hydrogen-bond acceptors (Lipinski definition) is 5. The van der Waals surface area contributed by atoms with Crippen molar-refractivity contribution in [1.82, 2.24) is 15.1 Å². The fraction of sp³-hybridized carbons (Fsp3) is 0.615.